The van der Waals surface area contributed by atoms with E-state index in [2.05, 4.69) is 58.0 Å². The first-order chi connectivity index (χ1) is 11.3. The highest BCUT2D eigenvalue weighted by molar-refractivity contribution is 5.85. The lowest BCUT2D eigenvalue weighted by Gasteiger charge is -2.13. The molecule has 2 aliphatic carbocycles. The Morgan fingerprint density at radius 2 is 1.83 bits per heavy atom. The minimum atomic E-state index is -0.829. The fraction of sp³-hybridized carbons (Fsp3) is 0.409. The van der Waals surface area contributed by atoms with Crippen LogP contribution in [-0.2, 0) is 4.79 Å². The van der Waals surface area contributed by atoms with Crippen molar-refractivity contribution in [2.75, 3.05) is 0 Å². The van der Waals surface area contributed by atoms with Crippen LogP contribution in [0, 0.1) is 6.92 Å². The van der Waals surface area contributed by atoms with Gasteiger partial charge in [-0.25, -0.2) is 4.79 Å². The Morgan fingerprint density at radius 1 is 1.12 bits per heavy atom. The number of hydrogen-bond acceptors (Lipinski definition) is 1. The molecule has 2 nitrogen and oxygen atoms in total. The largest absolute Gasteiger partial charge is 0.478 e. The summed E-state index contributed by atoms with van der Waals surface area (Å²) in [6.07, 6.45) is 3.57. The Labute approximate surface area is 145 Å². The maximum absolute atomic E-state index is 10.9. The molecule has 0 saturated carbocycles. The van der Waals surface area contributed by atoms with Crippen molar-refractivity contribution in [3.05, 3.63) is 58.7 Å². The zero-order chi connectivity index (χ0) is 17.9. The van der Waals surface area contributed by atoms with Gasteiger partial charge in [-0.3, -0.25) is 0 Å². The average molecular weight is 324 g/mol. The first-order valence-electron chi connectivity index (χ1n) is 8.74. The van der Waals surface area contributed by atoms with Gasteiger partial charge in [0.2, 0.25) is 0 Å². The van der Waals surface area contributed by atoms with Gasteiger partial charge in [0, 0.05) is 5.57 Å². The lowest BCUT2D eigenvalue weighted by molar-refractivity contribution is -0.132. The minimum Gasteiger partial charge on any atom is -0.478 e. The number of fused-ring (bicyclic) bond motifs is 1. The number of aryl methyl sites for hydroxylation is 1. The lowest BCUT2D eigenvalue weighted by Crippen LogP contribution is -1.97. The van der Waals surface area contributed by atoms with E-state index in [1.165, 1.54) is 27.8 Å². The molecule has 24 heavy (non-hydrogen) atoms. The van der Waals surface area contributed by atoms with E-state index in [9.17, 15) is 4.79 Å². The molecule has 2 heteroatoms. The van der Waals surface area contributed by atoms with Gasteiger partial charge in [0.25, 0.3) is 0 Å². The van der Waals surface area contributed by atoms with Crippen LogP contribution in [0.5, 0.6) is 0 Å². The molecule has 0 aromatic rings. The zero-order valence-corrected chi connectivity index (χ0v) is 15.4. The molecule has 1 N–H and O–H groups in total. The maximum atomic E-state index is 10.9. The molecule has 0 aliphatic heterocycles. The van der Waals surface area contributed by atoms with Gasteiger partial charge in [0.1, 0.15) is 0 Å². The molecule has 0 saturated heterocycles. The van der Waals surface area contributed by atoms with Crippen molar-refractivity contribution in [2.45, 2.75) is 59.3 Å². The Hall–Kier alpha value is -2.09. The summed E-state index contributed by atoms with van der Waals surface area (Å²) < 4.78 is 0. The van der Waals surface area contributed by atoms with E-state index in [1.54, 1.807) is 6.92 Å². The Bertz CT molecular complexity index is 725. The smallest absolute Gasteiger partial charge is 0.330 e. The first kappa shape index (κ1) is 18.3. The van der Waals surface area contributed by atoms with E-state index in [0.717, 1.165) is 12.8 Å². The van der Waals surface area contributed by atoms with E-state index in [1.807, 2.05) is 6.08 Å². The third-order valence-corrected chi connectivity index (χ3v) is 4.88. The summed E-state index contributed by atoms with van der Waals surface area (Å²) in [4.78, 5) is 10.9. The van der Waals surface area contributed by atoms with Crippen molar-refractivity contribution in [1.29, 1.82) is 0 Å². The number of aliphatic carboxylic acids is 1. The highest BCUT2D eigenvalue weighted by atomic mass is 16.4. The van der Waals surface area contributed by atoms with Crippen LogP contribution in [0.15, 0.2) is 42.0 Å². The van der Waals surface area contributed by atoms with Crippen molar-refractivity contribution in [1.82, 2.24) is 0 Å². The second kappa shape index (κ2) is 7.65. The lowest BCUT2D eigenvalue weighted by atomic mass is 9.91. The van der Waals surface area contributed by atoms with E-state index in [-0.39, 0.29) is 0 Å². The normalized spacial score (nSPS) is 13.5. The van der Waals surface area contributed by atoms with Gasteiger partial charge in [0.05, 0.1) is 0 Å². The van der Waals surface area contributed by atoms with Crippen LogP contribution in [0.2, 0.25) is 0 Å². The molecule has 0 spiro atoms. The molecule has 2 rings (SSSR count). The summed E-state index contributed by atoms with van der Waals surface area (Å²) in [5.74, 6) is 0.0585. The average Bonchev–Trinajstić information content (AvgIpc) is 2.76. The van der Waals surface area contributed by atoms with Crippen LogP contribution in [0.4, 0.5) is 0 Å². The van der Waals surface area contributed by atoms with Crippen LogP contribution in [0.1, 0.15) is 69.1 Å². The molecule has 2 aliphatic rings. The molecule has 0 amide bonds. The molecule has 1 atom stereocenters. The van der Waals surface area contributed by atoms with E-state index < -0.39 is 5.97 Å². The van der Waals surface area contributed by atoms with E-state index in [4.69, 9.17) is 5.11 Å². The molecule has 0 aromatic heterocycles. The highest BCUT2D eigenvalue weighted by Gasteiger charge is 2.16. The Morgan fingerprint density at radius 3 is 2.46 bits per heavy atom. The number of carboxylic acid groups (broad SMARTS) is 1. The third kappa shape index (κ3) is 4.05. The van der Waals surface area contributed by atoms with Crippen LogP contribution >= 0.6 is 0 Å². The van der Waals surface area contributed by atoms with Gasteiger partial charge >= 0.3 is 5.97 Å². The van der Waals surface area contributed by atoms with Crippen LogP contribution in [0.3, 0.4) is 0 Å². The predicted octanol–water partition coefficient (Wildman–Crippen LogP) is 6.14. The van der Waals surface area contributed by atoms with Crippen molar-refractivity contribution < 1.29 is 9.90 Å². The molecule has 1 unspecified atom stereocenters. The minimum absolute atomic E-state index is 0.388. The SMILES string of the molecule is C/C(=C\CCC(C)c1ccc(C(C)C)cc2c(C)ccc1-2)C(=O)O. The van der Waals surface area contributed by atoms with Gasteiger partial charge in [-0.15, -0.1) is 0 Å². The van der Waals surface area contributed by atoms with E-state index in [0.29, 0.717) is 17.4 Å². The second-order valence-electron chi connectivity index (χ2n) is 7.10. The summed E-state index contributed by atoms with van der Waals surface area (Å²) in [5.41, 5.74) is 7.12. The van der Waals surface area contributed by atoms with Crippen LogP contribution < -0.4 is 0 Å². The van der Waals surface area contributed by atoms with Gasteiger partial charge < -0.3 is 5.11 Å². The van der Waals surface area contributed by atoms with Crippen molar-refractivity contribution >= 4 is 5.97 Å². The van der Waals surface area contributed by atoms with Gasteiger partial charge in [0.15, 0.2) is 0 Å². The molecule has 0 heterocycles. The standard InChI is InChI=1S/C22H28O2/c1-14(2)18-10-12-19(20-11-9-16(4)21(20)13-18)15(3)7-6-8-17(5)22(23)24/h8-15H,6-7H2,1-5H3,(H,23,24)/b17-8+. The molecular weight excluding hydrogens is 296 g/mol. The summed E-state index contributed by atoms with van der Waals surface area (Å²) in [6, 6.07) is 11.2. The van der Waals surface area contributed by atoms with Crippen LogP contribution in [-0.4, -0.2) is 11.1 Å². The van der Waals surface area contributed by atoms with Gasteiger partial charge in [-0.05, 0) is 66.3 Å². The number of carbonyl (C=O) groups is 1. The third-order valence-electron chi connectivity index (χ3n) is 4.88. The summed E-state index contributed by atoms with van der Waals surface area (Å²) in [6.45, 7) is 10.5. The van der Waals surface area contributed by atoms with Crippen LogP contribution in [0.25, 0.3) is 11.1 Å². The molecule has 128 valence electrons. The first-order valence-corrected chi connectivity index (χ1v) is 8.74. The fourth-order valence-corrected chi connectivity index (χ4v) is 3.12. The van der Waals surface area contributed by atoms with Crippen molar-refractivity contribution in [3.63, 3.8) is 0 Å². The zero-order valence-electron chi connectivity index (χ0n) is 15.4. The summed E-state index contributed by atoms with van der Waals surface area (Å²) in [5, 5.41) is 8.96. The number of allylic oxidation sites excluding steroid dienone is 1. The number of hydrogen-bond donors (Lipinski definition) is 1. The van der Waals surface area contributed by atoms with Gasteiger partial charge in [-0.1, -0.05) is 57.2 Å². The number of carboxylic acids is 1. The maximum Gasteiger partial charge on any atom is 0.330 e. The Balaban J connectivity index is 2.31. The molecule has 0 bridgehead atoms. The summed E-state index contributed by atoms with van der Waals surface area (Å²) >= 11 is 0. The van der Waals surface area contributed by atoms with Crippen molar-refractivity contribution in [2.24, 2.45) is 0 Å². The quantitative estimate of drug-likeness (QED) is 0.648. The second-order valence-corrected chi connectivity index (χ2v) is 7.10. The summed E-state index contributed by atoms with van der Waals surface area (Å²) in [7, 11) is 0. The van der Waals surface area contributed by atoms with E-state index >= 15 is 0 Å². The molecule has 0 aromatic carbocycles. The number of rotatable bonds is 6. The fourth-order valence-electron chi connectivity index (χ4n) is 3.12. The predicted molar refractivity (Wildman–Crippen MR) is 101 cm³/mol. The molecule has 0 radical (unpaired) electrons. The molecular formula is C22H28O2. The topological polar surface area (TPSA) is 37.3 Å². The van der Waals surface area contributed by atoms with Crippen molar-refractivity contribution in [3.8, 4) is 11.1 Å². The monoisotopic (exact) mass is 324 g/mol. The Kier molecular flexibility index (Phi) is 5.82. The highest BCUT2D eigenvalue weighted by Crippen LogP contribution is 2.37. The molecule has 0 fully saturated rings. The van der Waals surface area contributed by atoms with Gasteiger partial charge in [-0.2, -0.15) is 0 Å².